The molecular weight excluding hydrogens is 612 g/mol. The number of alkyl halides is 3. The van der Waals surface area contributed by atoms with Gasteiger partial charge in [-0.05, 0) is 22.8 Å². The Morgan fingerprint density at radius 2 is 1.50 bits per heavy atom. The lowest BCUT2D eigenvalue weighted by Crippen LogP contribution is -2.25. The number of carbonyl (C=O) groups excluding carboxylic acids is 1. The Balaban J connectivity index is 0.000000200. The van der Waals surface area contributed by atoms with Crippen LogP contribution in [0.3, 0.4) is 0 Å². The predicted octanol–water partition coefficient (Wildman–Crippen LogP) is 5.64. The molecule has 2 aromatic rings. The number of ether oxygens (including phenoxy) is 3. The van der Waals surface area contributed by atoms with Crippen molar-refractivity contribution in [3.63, 3.8) is 0 Å². The maximum Gasteiger partial charge on any atom is 0.337 e. The Hall–Kier alpha value is -1.10. The van der Waals surface area contributed by atoms with Crippen LogP contribution in [0.25, 0.3) is 0 Å². The first-order valence-corrected chi connectivity index (χ1v) is 12.6. The fraction of sp³-hybridized carbons (Fsp3) is 0.391. The van der Waals surface area contributed by atoms with Gasteiger partial charge in [0.25, 0.3) is 0 Å². The van der Waals surface area contributed by atoms with Crippen molar-refractivity contribution < 1.29 is 28.9 Å². The molecule has 0 spiro atoms. The highest BCUT2D eigenvalue weighted by Crippen LogP contribution is 2.27. The van der Waals surface area contributed by atoms with Crippen LogP contribution in [-0.2, 0) is 19.0 Å². The van der Waals surface area contributed by atoms with E-state index in [0.29, 0.717) is 30.6 Å². The number of carboxylic acids is 1. The Morgan fingerprint density at radius 3 is 1.91 bits per heavy atom. The van der Waals surface area contributed by atoms with E-state index in [-0.39, 0.29) is 2.65 Å². The molecule has 32 heavy (non-hydrogen) atoms. The van der Waals surface area contributed by atoms with Crippen molar-refractivity contribution in [2.75, 3.05) is 33.5 Å². The normalized spacial score (nSPS) is 16.4. The number of aliphatic carboxylic acids is 1. The summed E-state index contributed by atoms with van der Waals surface area (Å²) in [5.74, 6) is -0.0688. The molecule has 2 saturated heterocycles. The Labute approximate surface area is 213 Å². The third-order valence-corrected chi connectivity index (χ3v) is 4.94. The van der Waals surface area contributed by atoms with Crippen LogP contribution < -0.4 is 0 Å². The van der Waals surface area contributed by atoms with Crippen LogP contribution in [0.4, 0.5) is 0 Å². The third-order valence-electron chi connectivity index (χ3n) is 4.94. The molecule has 0 radical (unpaired) electrons. The summed E-state index contributed by atoms with van der Waals surface area (Å²) < 4.78 is 15.4. The van der Waals surface area contributed by atoms with Crippen molar-refractivity contribution in [1.29, 1.82) is 0 Å². The summed E-state index contributed by atoms with van der Waals surface area (Å²) in [7, 11) is 1.40. The van der Waals surface area contributed by atoms with Crippen molar-refractivity contribution in [2.24, 2.45) is 0 Å². The smallest absolute Gasteiger partial charge is 0.337 e. The van der Waals surface area contributed by atoms with Gasteiger partial charge >= 0.3 is 5.97 Å². The molecule has 6 nitrogen and oxygen atoms in total. The molecule has 174 valence electrons. The maximum atomic E-state index is 10.9. The number of carbonyl (C=O) groups is 2. The molecule has 2 aliphatic heterocycles. The average Bonchev–Trinajstić information content (AvgIpc) is 2.66. The number of hydrogen-bond donors (Lipinski definition) is 1. The molecule has 4 rings (SSSR count). The quantitative estimate of drug-likeness (QED) is 0.327. The molecule has 0 saturated carbocycles. The molecule has 9 heteroatoms. The summed E-state index contributed by atoms with van der Waals surface area (Å²) in [5.41, 5.74) is 3.76. The van der Waals surface area contributed by atoms with Gasteiger partial charge in [-0.2, -0.15) is 0 Å². The second-order valence-corrected chi connectivity index (χ2v) is 13.6. The Bertz CT molecular complexity index is 866. The lowest BCUT2D eigenvalue weighted by Gasteiger charge is -2.27. The molecule has 1 unspecified atom stereocenters. The standard InChI is InChI=1S/C12H14O4.C10H10O2.CHBr3/c1-15-11(12(13)14)9-4-2-3-8(5-9)10-6-16-7-10;11-5-8-2-1-3-9(4-8)10-6-12-7-10;2-1(3)4/h2-5,10-11H,6-7H2,1H3,(H,13,14);1-5,10H,6-7H2;1H. The van der Waals surface area contributed by atoms with E-state index in [1.807, 2.05) is 42.5 Å². The van der Waals surface area contributed by atoms with Gasteiger partial charge in [-0.1, -0.05) is 90.3 Å². The predicted molar refractivity (Wildman–Crippen MR) is 133 cm³/mol. The van der Waals surface area contributed by atoms with Gasteiger partial charge in [0, 0.05) is 24.5 Å². The summed E-state index contributed by atoms with van der Waals surface area (Å²) in [4.78, 5) is 21.4. The van der Waals surface area contributed by atoms with Gasteiger partial charge in [0.2, 0.25) is 0 Å². The van der Waals surface area contributed by atoms with Gasteiger partial charge < -0.3 is 19.3 Å². The van der Waals surface area contributed by atoms with Crippen LogP contribution in [0.5, 0.6) is 0 Å². The van der Waals surface area contributed by atoms with Gasteiger partial charge in [0.1, 0.15) is 8.93 Å². The molecule has 2 aromatic carbocycles. The topological polar surface area (TPSA) is 82.1 Å². The molecule has 2 fully saturated rings. The van der Waals surface area contributed by atoms with Gasteiger partial charge in [0.05, 0.1) is 26.4 Å². The lowest BCUT2D eigenvalue weighted by atomic mass is 9.94. The van der Waals surface area contributed by atoms with Crippen molar-refractivity contribution in [3.05, 3.63) is 70.8 Å². The van der Waals surface area contributed by atoms with Crippen molar-refractivity contribution in [2.45, 2.75) is 20.6 Å². The molecular formula is C23H25Br3O6. The summed E-state index contributed by atoms with van der Waals surface area (Å²) >= 11 is 9.31. The van der Waals surface area contributed by atoms with Crippen LogP contribution in [-0.4, -0.2) is 53.5 Å². The highest BCUT2D eigenvalue weighted by Gasteiger charge is 2.24. The van der Waals surface area contributed by atoms with E-state index in [2.05, 4.69) is 47.8 Å². The van der Waals surface area contributed by atoms with Crippen LogP contribution in [0.2, 0.25) is 0 Å². The third kappa shape index (κ3) is 8.68. The highest BCUT2D eigenvalue weighted by molar-refractivity contribution is 9.38. The maximum absolute atomic E-state index is 10.9. The molecule has 0 amide bonds. The molecule has 1 N–H and O–H groups in total. The number of hydrogen-bond acceptors (Lipinski definition) is 5. The van der Waals surface area contributed by atoms with Crippen LogP contribution in [0, 0.1) is 0 Å². The van der Waals surface area contributed by atoms with Crippen LogP contribution in [0.1, 0.15) is 45.0 Å². The van der Waals surface area contributed by atoms with Gasteiger partial charge in [-0.3, -0.25) is 4.79 Å². The van der Waals surface area contributed by atoms with E-state index in [1.165, 1.54) is 12.7 Å². The lowest BCUT2D eigenvalue weighted by molar-refractivity contribution is -0.148. The van der Waals surface area contributed by atoms with Crippen molar-refractivity contribution in [3.8, 4) is 0 Å². The molecule has 0 aromatic heterocycles. The monoisotopic (exact) mass is 634 g/mol. The minimum Gasteiger partial charge on any atom is -0.479 e. The Kier molecular flexibility index (Phi) is 12.1. The first-order chi connectivity index (χ1) is 15.3. The van der Waals surface area contributed by atoms with Gasteiger partial charge in [-0.15, -0.1) is 0 Å². The summed E-state index contributed by atoms with van der Waals surface area (Å²) in [6.07, 6.45) is -0.0100. The molecule has 0 bridgehead atoms. The van der Waals surface area contributed by atoms with Crippen molar-refractivity contribution in [1.82, 2.24) is 0 Å². The number of halogens is 3. The number of aldehydes is 1. The number of rotatable bonds is 6. The van der Waals surface area contributed by atoms with Crippen LogP contribution >= 0.6 is 47.8 Å². The molecule has 0 aliphatic carbocycles. The van der Waals surface area contributed by atoms with E-state index in [0.717, 1.165) is 30.6 Å². The minimum absolute atomic E-state index is 0.271. The van der Waals surface area contributed by atoms with Gasteiger partial charge in [-0.25, -0.2) is 4.79 Å². The number of carboxylic acid groups (broad SMARTS) is 1. The molecule has 2 heterocycles. The van der Waals surface area contributed by atoms with E-state index in [1.54, 1.807) is 6.07 Å². The molecule has 1 atom stereocenters. The van der Waals surface area contributed by atoms with Crippen molar-refractivity contribution >= 4 is 60.0 Å². The largest absolute Gasteiger partial charge is 0.479 e. The average molecular weight is 637 g/mol. The number of benzene rings is 2. The Morgan fingerprint density at radius 1 is 1.00 bits per heavy atom. The molecule has 2 aliphatic rings. The zero-order valence-corrected chi connectivity index (χ0v) is 22.2. The van der Waals surface area contributed by atoms with Gasteiger partial charge in [0.15, 0.2) is 6.10 Å². The minimum atomic E-state index is -0.968. The summed E-state index contributed by atoms with van der Waals surface area (Å²) in [5, 5.41) is 8.98. The second-order valence-electron chi connectivity index (χ2n) is 7.13. The van der Waals surface area contributed by atoms with E-state index < -0.39 is 12.1 Å². The van der Waals surface area contributed by atoms with E-state index in [4.69, 9.17) is 19.3 Å². The second kappa shape index (κ2) is 14.2. The fourth-order valence-electron chi connectivity index (χ4n) is 3.10. The fourth-order valence-corrected chi connectivity index (χ4v) is 3.10. The zero-order chi connectivity index (χ0) is 23.5. The van der Waals surface area contributed by atoms with Crippen LogP contribution in [0.15, 0.2) is 48.5 Å². The summed E-state index contributed by atoms with van der Waals surface area (Å²) in [6, 6.07) is 15.2. The van der Waals surface area contributed by atoms with E-state index >= 15 is 0 Å². The first-order valence-electron chi connectivity index (χ1n) is 9.84. The summed E-state index contributed by atoms with van der Waals surface area (Å²) in [6.45, 7) is 3.02. The van der Waals surface area contributed by atoms with E-state index in [9.17, 15) is 9.59 Å². The zero-order valence-electron chi connectivity index (χ0n) is 17.5. The highest BCUT2D eigenvalue weighted by atomic mass is 80.0. The first kappa shape index (κ1) is 27.1. The number of methoxy groups -OCH3 is 1. The SMILES string of the molecule is BrC(Br)Br.COC(C(=O)O)c1cccc(C2COC2)c1.O=Cc1cccc(C2COC2)c1.